The molecule has 0 bridgehead atoms. The van der Waals surface area contributed by atoms with Gasteiger partial charge in [-0.25, -0.2) is 4.99 Å². The fourth-order valence-electron chi connectivity index (χ4n) is 5.78. The molecule has 3 N–H and O–H groups in total. The molecule has 0 radical (unpaired) electrons. The highest BCUT2D eigenvalue weighted by atomic mass is 16.2. The first-order valence-electron chi connectivity index (χ1n) is 11.3. The van der Waals surface area contributed by atoms with Crippen molar-refractivity contribution in [2.24, 2.45) is 28.5 Å². The predicted molar refractivity (Wildman–Crippen MR) is 109 cm³/mol. The van der Waals surface area contributed by atoms with E-state index in [0.29, 0.717) is 17.8 Å². The van der Waals surface area contributed by atoms with Crippen LogP contribution < -0.4 is 5.73 Å². The highest BCUT2D eigenvalue weighted by molar-refractivity contribution is 6.06. The Hall–Kier alpha value is -1.10. The topological polar surface area (TPSA) is 78.9 Å². The van der Waals surface area contributed by atoms with Gasteiger partial charge in [0.1, 0.15) is 5.54 Å². The summed E-state index contributed by atoms with van der Waals surface area (Å²) in [7, 11) is 1.77. The first-order valence-corrected chi connectivity index (χ1v) is 11.3. The summed E-state index contributed by atoms with van der Waals surface area (Å²) in [6.07, 6.45) is 16.4. The van der Waals surface area contributed by atoms with E-state index in [0.717, 1.165) is 38.0 Å². The molecule has 5 heteroatoms. The second kappa shape index (κ2) is 9.40. The maximum Gasteiger partial charge on any atom is 0.257 e. The summed E-state index contributed by atoms with van der Waals surface area (Å²) < 4.78 is 0. The number of nitrogens with zero attached hydrogens (tertiary/aromatic N) is 2. The molecule has 0 spiro atoms. The van der Waals surface area contributed by atoms with Gasteiger partial charge >= 0.3 is 0 Å². The summed E-state index contributed by atoms with van der Waals surface area (Å²) in [5.41, 5.74) is 5.47. The Morgan fingerprint density at radius 1 is 1.07 bits per heavy atom. The Morgan fingerprint density at radius 3 is 2.44 bits per heavy atom. The van der Waals surface area contributed by atoms with Crippen molar-refractivity contribution >= 4 is 11.9 Å². The van der Waals surface area contributed by atoms with Gasteiger partial charge in [-0.15, -0.1) is 0 Å². The van der Waals surface area contributed by atoms with Gasteiger partial charge < -0.3 is 10.8 Å². The lowest BCUT2D eigenvalue weighted by Crippen LogP contribution is -2.44. The van der Waals surface area contributed by atoms with Crippen molar-refractivity contribution in [2.75, 3.05) is 13.7 Å². The first kappa shape index (κ1) is 20.6. The van der Waals surface area contributed by atoms with E-state index in [1.165, 1.54) is 57.8 Å². The summed E-state index contributed by atoms with van der Waals surface area (Å²) >= 11 is 0. The number of rotatable bonds is 8. The van der Waals surface area contributed by atoms with E-state index in [1.807, 2.05) is 0 Å². The number of amides is 1. The van der Waals surface area contributed by atoms with E-state index in [1.54, 1.807) is 11.9 Å². The van der Waals surface area contributed by atoms with Crippen LogP contribution in [0.3, 0.4) is 0 Å². The average molecular weight is 378 g/mol. The van der Waals surface area contributed by atoms with Crippen molar-refractivity contribution in [3.8, 4) is 0 Å². The Labute approximate surface area is 164 Å². The summed E-state index contributed by atoms with van der Waals surface area (Å²) in [5.74, 6) is 2.53. The Balaban J connectivity index is 1.66. The van der Waals surface area contributed by atoms with Crippen LogP contribution in [0.1, 0.15) is 89.9 Å². The molecule has 1 aliphatic heterocycles. The van der Waals surface area contributed by atoms with Crippen LogP contribution in [0.25, 0.3) is 0 Å². The zero-order valence-corrected chi connectivity index (χ0v) is 17.2. The van der Waals surface area contributed by atoms with Gasteiger partial charge in [-0.1, -0.05) is 51.4 Å². The van der Waals surface area contributed by atoms with E-state index in [2.05, 4.69) is 0 Å². The van der Waals surface area contributed by atoms with E-state index >= 15 is 0 Å². The molecule has 154 valence electrons. The van der Waals surface area contributed by atoms with Crippen LogP contribution in [0, 0.1) is 17.8 Å². The molecule has 0 unspecified atom stereocenters. The first-order chi connectivity index (χ1) is 13.0. The minimum atomic E-state index is -0.611. The van der Waals surface area contributed by atoms with E-state index in [4.69, 9.17) is 15.8 Å². The zero-order chi connectivity index (χ0) is 19.3. The molecule has 1 heterocycles. The molecule has 0 aromatic rings. The van der Waals surface area contributed by atoms with E-state index < -0.39 is 5.54 Å². The summed E-state index contributed by atoms with van der Waals surface area (Å²) in [4.78, 5) is 19.5. The van der Waals surface area contributed by atoms with Gasteiger partial charge in [0.2, 0.25) is 0 Å². The molecule has 1 amide bonds. The molecular weight excluding hydrogens is 338 g/mol. The highest BCUT2D eigenvalue weighted by Crippen LogP contribution is 2.42. The van der Waals surface area contributed by atoms with Crippen molar-refractivity contribution in [3.05, 3.63) is 0 Å². The van der Waals surface area contributed by atoms with Crippen LogP contribution in [-0.2, 0) is 4.79 Å². The third kappa shape index (κ3) is 5.04. The van der Waals surface area contributed by atoms with Crippen molar-refractivity contribution in [3.63, 3.8) is 0 Å². The van der Waals surface area contributed by atoms with Gasteiger partial charge in [-0.3, -0.25) is 9.69 Å². The lowest BCUT2D eigenvalue weighted by molar-refractivity contribution is -0.131. The van der Waals surface area contributed by atoms with Crippen LogP contribution in [0.5, 0.6) is 0 Å². The van der Waals surface area contributed by atoms with Crippen molar-refractivity contribution in [1.29, 1.82) is 0 Å². The third-order valence-electron chi connectivity index (χ3n) is 7.35. The number of aliphatic hydroxyl groups is 1. The van der Waals surface area contributed by atoms with Crippen molar-refractivity contribution in [2.45, 2.75) is 95.4 Å². The molecule has 3 rings (SSSR count). The zero-order valence-electron chi connectivity index (χ0n) is 17.2. The Kier molecular flexibility index (Phi) is 7.18. The molecule has 3 aliphatic rings. The Bertz CT molecular complexity index is 530. The number of guanidine groups is 1. The summed E-state index contributed by atoms with van der Waals surface area (Å²) in [6.45, 7) is 0.288. The SMILES string of the molecule is CN1C(=O)[C@@](CCC2CCCCC2)(C[C@H]2CCC[C@@H](CCCO)C2)N=C1N. The lowest BCUT2D eigenvalue weighted by atomic mass is 9.72. The van der Waals surface area contributed by atoms with Crippen LogP contribution in [0.2, 0.25) is 0 Å². The van der Waals surface area contributed by atoms with Gasteiger partial charge in [0, 0.05) is 13.7 Å². The van der Waals surface area contributed by atoms with Gasteiger partial charge in [0.25, 0.3) is 5.91 Å². The van der Waals surface area contributed by atoms with Gasteiger partial charge in [0.05, 0.1) is 0 Å². The predicted octanol–water partition coefficient (Wildman–Crippen LogP) is 3.84. The lowest BCUT2D eigenvalue weighted by Gasteiger charge is -2.35. The summed E-state index contributed by atoms with van der Waals surface area (Å²) in [6, 6.07) is 0. The largest absolute Gasteiger partial charge is 0.396 e. The molecule has 2 saturated carbocycles. The molecule has 3 atom stereocenters. The molecular formula is C22H39N3O2. The van der Waals surface area contributed by atoms with Gasteiger partial charge in [-0.05, 0) is 56.3 Å². The number of carbonyl (C=O) groups is 1. The highest BCUT2D eigenvalue weighted by Gasteiger charge is 2.47. The molecule has 5 nitrogen and oxygen atoms in total. The number of likely N-dealkylation sites (N-methyl/N-ethyl adjacent to an activating group) is 1. The Morgan fingerprint density at radius 2 is 1.78 bits per heavy atom. The maximum atomic E-state index is 13.1. The van der Waals surface area contributed by atoms with E-state index in [-0.39, 0.29) is 12.5 Å². The smallest absolute Gasteiger partial charge is 0.257 e. The quantitative estimate of drug-likeness (QED) is 0.674. The van der Waals surface area contributed by atoms with Crippen molar-refractivity contribution < 1.29 is 9.90 Å². The molecule has 0 aromatic carbocycles. The number of hydrogen-bond donors (Lipinski definition) is 2. The minimum Gasteiger partial charge on any atom is -0.396 e. The minimum absolute atomic E-state index is 0.119. The van der Waals surface area contributed by atoms with Gasteiger partial charge in [0.15, 0.2) is 5.96 Å². The standard InChI is InChI=1S/C22H39N3O2/c1-25-20(27)22(24-21(25)23,13-12-17-7-3-2-4-8-17)16-19-10-5-9-18(15-19)11-6-14-26/h17-19,26H,2-16H2,1H3,(H2,23,24)/t18-,19-,22+/m0/s1. The molecule has 0 saturated heterocycles. The number of aliphatic imine (C=N–C) groups is 1. The fourth-order valence-corrected chi connectivity index (χ4v) is 5.78. The van der Waals surface area contributed by atoms with Crippen LogP contribution in [-0.4, -0.2) is 41.1 Å². The number of aliphatic hydroxyl groups excluding tert-OH is 1. The normalized spacial score (nSPS) is 32.7. The van der Waals surface area contributed by atoms with Gasteiger partial charge in [-0.2, -0.15) is 0 Å². The van der Waals surface area contributed by atoms with Crippen molar-refractivity contribution in [1.82, 2.24) is 4.90 Å². The molecule has 2 fully saturated rings. The number of carbonyl (C=O) groups excluding carboxylic acids is 1. The van der Waals surface area contributed by atoms with E-state index in [9.17, 15) is 4.79 Å². The molecule has 27 heavy (non-hydrogen) atoms. The number of nitrogens with two attached hydrogens (primary N) is 1. The maximum absolute atomic E-state index is 13.1. The molecule has 2 aliphatic carbocycles. The van der Waals surface area contributed by atoms with Crippen LogP contribution >= 0.6 is 0 Å². The fraction of sp³-hybridized carbons (Fsp3) is 0.909. The number of hydrogen-bond acceptors (Lipinski definition) is 4. The summed E-state index contributed by atoms with van der Waals surface area (Å²) in [5, 5.41) is 9.14. The second-order valence-corrected chi connectivity index (χ2v) is 9.38. The average Bonchev–Trinajstić information content (AvgIpc) is 2.90. The third-order valence-corrected chi connectivity index (χ3v) is 7.35. The second-order valence-electron chi connectivity index (χ2n) is 9.38. The van der Waals surface area contributed by atoms with Crippen LogP contribution in [0.4, 0.5) is 0 Å². The van der Waals surface area contributed by atoms with Crippen LogP contribution in [0.15, 0.2) is 4.99 Å². The monoisotopic (exact) mass is 377 g/mol. The molecule has 0 aromatic heterocycles.